The molecule has 0 spiro atoms. The largest absolute Gasteiger partial charge is 0.339 e. The molecule has 0 bridgehead atoms. The minimum atomic E-state index is 0.0256. The molecule has 6 nitrogen and oxygen atoms in total. The van der Waals surface area contributed by atoms with Crippen LogP contribution in [0.3, 0.4) is 0 Å². The average Bonchev–Trinajstić information content (AvgIpc) is 2.98. The van der Waals surface area contributed by atoms with E-state index in [0.717, 1.165) is 17.8 Å². The summed E-state index contributed by atoms with van der Waals surface area (Å²) in [5, 5.41) is 11.5. The number of hydrogen-bond acceptors (Lipinski definition) is 6. The van der Waals surface area contributed by atoms with Crippen LogP contribution < -0.4 is 10.2 Å². The van der Waals surface area contributed by atoms with Crippen LogP contribution in [0.5, 0.6) is 0 Å². The van der Waals surface area contributed by atoms with E-state index in [2.05, 4.69) is 44.5 Å². The van der Waals surface area contributed by atoms with Gasteiger partial charge in [0, 0.05) is 23.0 Å². The molecule has 4 rings (SSSR count). The van der Waals surface area contributed by atoms with E-state index in [1.807, 2.05) is 24.3 Å². The molecule has 1 aromatic heterocycles. The molecule has 2 aromatic carbocycles. The third-order valence-electron chi connectivity index (χ3n) is 4.51. The van der Waals surface area contributed by atoms with Crippen LogP contribution >= 0.6 is 0 Å². The first-order valence-corrected chi connectivity index (χ1v) is 8.57. The number of para-hydroxylation sites is 1. The van der Waals surface area contributed by atoms with Gasteiger partial charge in [-0.3, -0.25) is 4.79 Å². The fraction of sp³-hybridized carbons (Fsp3) is 0.200. The maximum Gasteiger partial charge on any atom is 0.252 e. The van der Waals surface area contributed by atoms with Gasteiger partial charge >= 0.3 is 0 Å². The summed E-state index contributed by atoms with van der Waals surface area (Å²) < 4.78 is 0. The summed E-state index contributed by atoms with van der Waals surface area (Å²) in [6.45, 7) is 3.70. The Hall–Kier alpha value is -3.28. The van der Waals surface area contributed by atoms with Crippen LogP contribution in [0.4, 0.5) is 23.1 Å². The van der Waals surface area contributed by atoms with Crippen molar-refractivity contribution in [1.82, 2.24) is 15.2 Å². The quantitative estimate of drug-likeness (QED) is 0.723. The lowest BCUT2D eigenvalue weighted by atomic mass is 10.1. The van der Waals surface area contributed by atoms with Gasteiger partial charge in [-0.1, -0.05) is 30.3 Å². The number of benzene rings is 2. The number of fused-ring (bicyclic) bond motifs is 1. The third kappa shape index (κ3) is 3.01. The number of carbonyl (C=O) groups is 1. The van der Waals surface area contributed by atoms with Crippen molar-refractivity contribution >= 4 is 28.9 Å². The molecule has 2 heterocycles. The van der Waals surface area contributed by atoms with Gasteiger partial charge in [0.25, 0.3) is 5.95 Å². The van der Waals surface area contributed by atoms with Crippen molar-refractivity contribution in [2.75, 3.05) is 10.2 Å². The number of nitrogens with zero attached hydrogens (tertiary/aromatic N) is 4. The van der Waals surface area contributed by atoms with Gasteiger partial charge in [0.05, 0.1) is 6.20 Å². The van der Waals surface area contributed by atoms with Gasteiger partial charge in [-0.25, -0.2) is 0 Å². The monoisotopic (exact) mass is 345 g/mol. The van der Waals surface area contributed by atoms with Crippen molar-refractivity contribution in [2.45, 2.75) is 26.3 Å². The molecule has 0 saturated carbocycles. The summed E-state index contributed by atoms with van der Waals surface area (Å²) in [4.78, 5) is 18.3. The van der Waals surface area contributed by atoms with Gasteiger partial charge in [-0.2, -0.15) is 10.1 Å². The van der Waals surface area contributed by atoms with Crippen LogP contribution in [0.15, 0.2) is 54.7 Å². The summed E-state index contributed by atoms with van der Waals surface area (Å²) in [6, 6.07) is 15.9. The molecule has 6 heteroatoms. The molecule has 0 fully saturated rings. The molecule has 0 radical (unpaired) electrons. The lowest BCUT2D eigenvalue weighted by Gasteiger charge is -2.22. The summed E-state index contributed by atoms with van der Waals surface area (Å²) in [7, 11) is 0. The number of hydrogen-bond donors (Lipinski definition) is 1. The molecule has 1 unspecified atom stereocenters. The molecule has 1 atom stereocenters. The molecule has 26 heavy (non-hydrogen) atoms. The maximum atomic E-state index is 11.6. The molecule has 0 aliphatic carbocycles. The Kier molecular flexibility index (Phi) is 4.08. The van der Waals surface area contributed by atoms with E-state index in [1.54, 1.807) is 25.3 Å². The number of anilines is 4. The van der Waals surface area contributed by atoms with Gasteiger partial charge in [-0.15, -0.1) is 5.10 Å². The smallest absolute Gasteiger partial charge is 0.252 e. The normalized spacial score (nSPS) is 15.6. The highest BCUT2D eigenvalue weighted by Crippen LogP contribution is 2.36. The Morgan fingerprint density at radius 3 is 2.88 bits per heavy atom. The van der Waals surface area contributed by atoms with Crippen molar-refractivity contribution < 1.29 is 4.79 Å². The van der Waals surface area contributed by atoms with Crippen LogP contribution in [-0.4, -0.2) is 27.0 Å². The van der Waals surface area contributed by atoms with Gasteiger partial charge in [0.1, 0.15) is 0 Å². The molecule has 0 amide bonds. The van der Waals surface area contributed by atoms with Crippen LogP contribution in [-0.2, 0) is 6.42 Å². The molecule has 1 aliphatic heterocycles. The van der Waals surface area contributed by atoms with Gasteiger partial charge < -0.3 is 10.2 Å². The predicted molar refractivity (Wildman–Crippen MR) is 101 cm³/mol. The molecule has 130 valence electrons. The van der Waals surface area contributed by atoms with E-state index in [-0.39, 0.29) is 11.8 Å². The van der Waals surface area contributed by atoms with Crippen LogP contribution in [0.2, 0.25) is 0 Å². The highest BCUT2D eigenvalue weighted by molar-refractivity contribution is 5.95. The van der Waals surface area contributed by atoms with E-state index in [9.17, 15) is 4.79 Å². The number of nitrogens with one attached hydrogen (secondary N) is 1. The minimum absolute atomic E-state index is 0.0256. The number of carbonyl (C=O) groups excluding carboxylic acids is 1. The zero-order chi connectivity index (χ0) is 18.1. The SMILES string of the molecule is CC(=O)c1cccc(Nc2cnnc(N3c4ccccc4CC3C)n2)c1. The highest BCUT2D eigenvalue weighted by atomic mass is 16.1. The van der Waals surface area contributed by atoms with E-state index in [1.165, 1.54) is 5.56 Å². The second kappa shape index (κ2) is 6.55. The molecule has 1 aliphatic rings. The Balaban J connectivity index is 1.64. The number of rotatable bonds is 4. The van der Waals surface area contributed by atoms with E-state index in [0.29, 0.717) is 17.3 Å². The molecule has 0 saturated heterocycles. The van der Waals surface area contributed by atoms with Crippen molar-refractivity contribution in [3.63, 3.8) is 0 Å². The van der Waals surface area contributed by atoms with Gasteiger partial charge in [-0.05, 0) is 44.0 Å². The maximum absolute atomic E-state index is 11.6. The Morgan fingerprint density at radius 1 is 1.19 bits per heavy atom. The molecule has 3 aromatic rings. The summed E-state index contributed by atoms with van der Waals surface area (Å²) in [5.41, 5.74) is 3.85. The topological polar surface area (TPSA) is 71.0 Å². The number of ketones is 1. The zero-order valence-corrected chi connectivity index (χ0v) is 14.7. The third-order valence-corrected chi connectivity index (χ3v) is 4.51. The van der Waals surface area contributed by atoms with E-state index < -0.39 is 0 Å². The number of aromatic nitrogens is 3. The van der Waals surface area contributed by atoms with Crippen LogP contribution in [0.25, 0.3) is 0 Å². The minimum Gasteiger partial charge on any atom is -0.339 e. The van der Waals surface area contributed by atoms with Crippen LogP contribution in [0, 0.1) is 0 Å². The first-order valence-electron chi connectivity index (χ1n) is 8.57. The number of Topliss-reactive ketones (excluding diaryl/α,β-unsaturated/α-hetero) is 1. The van der Waals surface area contributed by atoms with Gasteiger partial charge in [0.15, 0.2) is 11.6 Å². The Labute approximate surface area is 151 Å². The fourth-order valence-electron chi connectivity index (χ4n) is 3.29. The van der Waals surface area contributed by atoms with Crippen molar-refractivity contribution in [3.05, 3.63) is 65.9 Å². The predicted octanol–water partition coefficient (Wildman–Crippen LogP) is 3.90. The molecular formula is C20H19N5O. The molecular weight excluding hydrogens is 326 g/mol. The first kappa shape index (κ1) is 16.2. The van der Waals surface area contributed by atoms with E-state index in [4.69, 9.17) is 0 Å². The lowest BCUT2D eigenvalue weighted by molar-refractivity contribution is 0.101. The lowest BCUT2D eigenvalue weighted by Crippen LogP contribution is -2.26. The standard InChI is InChI=1S/C20H19N5O/c1-13-10-16-6-3-4-9-18(16)25(13)20-23-19(12-21-24-20)22-17-8-5-7-15(11-17)14(2)26/h3-9,11-13H,10H2,1-2H3,(H,22,23,24). The Morgan fingerprint density at radius 2 is 2.04 bits per heavy atom. The summed E-state index contributed by atoms with van der Waals surface area (Å²) >= 11 is 0. The summed E-state index contributed by atoms with van der Waals surface area (Å²) in [5.74, 6) is 1.18. The average molecular weight is 345 g/mol. The first-order chi connectivity index (χ1) is 12.6. The Bertz CT molecular complexity index is 972. The summed E-state index contributed by atoms with van der Waals surface area (Å²) in [6.07, 6.45) is 2.54. The van der Waals surface area contributed by atoms with Crippen molar-refractivity contribution in [3.8, 4) is 0 Å². The second-order valence-electron chi connectivity index (χ2n) is 6.46. The van der Waals surface area contributed by atoms with Crippen molar-refractivity contribution in [2.24, 2.45) is 0 Å². The van der Waals surface area contributed by atoms with Gasteiger partial charge in [0.2, 0.25) is 0 Å². The second-order valence-corrected chi connectivity index (χ2v) is 6.46. The van der Waals surface area contributed by atoms with Crippen molar-refractivity contribution in [1.29, 1.82) is 0 Å². The van der Waals surface area contributed by atoms with Crippen LogP contribution in [0.1, 0.15) is 29.8 Å². The molecule has 1 N–H and O–H groups in total. The highest BCUT2D eigenvalue weighted by Gasteiger charge is 2.29. The van der Waals surface area contributed by atoms with E-state index >= 15 is 0 Å². The fourth-order valence-corrected chi connectivity index (χ4v) is 3.29. The zero-order valence-electron chi connectivity index (χ0n) is 14.7.